The van der Waals surface area contributed by atoms with Gasteiger partial charge in [-0.2, -0.15) is 0 Å². The zero-order valence-corrected chi connectivity index (χ0v) is 12.5. The fourth-order valence-corrected chi connectivity index (χ4v) is 2.31. The molecule has 0 spiro atoms. The Balaban J connectivity index is 2.08. The number of rotatable bonds is 4. The van der Waals surface area contributed by atoms with E-state index in [1.165, 1.54) is 0 Å². The van der Waals surface area contributed by atoms with Crippen LogP contribution in [-0.4, -0.2) is 12.4 Å². The Morgan fingerprint density at radius 1 is 1.16 bits per heavy atom. The minimum Gasteiger partial charge on any atom is -0.484 e. The predicted molar refractivity (Wildman–Crippen MR) is 79.9 cm³/mol. The molecule has 0 heterocycles. The van der Waals surface area contributed by atoms with Crippen LogP contribution in [0.3, 0.4) is 0 Å². The molecule has 0 saturated heterocycles. The number of benzene rings is 2. The number of hydrogen-bond donors (Lipinski definition) is 0. The lowest BCUT2D eigenvalue weighted by molar-refractivity contribution is 0.0920. The number of Topliss-reactive ketones (excluding diaryl/α,β-unsaturated/α-hetero) is 1. The average molecular weight is 319 g/mol. The van der Waals surface area contributed by atoms with E-state index < -0.39 is 0 Å². The van der Waals surface area contributed by atoms with Crippen LogP contribution in [0.25, 0.3) is 0 Å². The molecule has 0 unspecified atom stereocenters. The van der Waals surface area contributed by atoms with Crippen molar-refractivity contribution in [2.75, 3.05) is 6.61 Å². The van der Waals surface area contributed by atoms with Crippen LogP contribution in [0.4, 0.5) is 0 Å². The Morgan fingerprint density at radius 2 is 1.89 bits per heavy atom. The van der Waals surface area contributed by atoms with Gasteiger partial charge in [0.05, 0.1) is 4.47 Å². The van der Waals surface area contributed by atoms with Gasteiger partial charge in [-0.1, -0.05) is 35.9 Å². The van der Waals surface area contributed by atoms with Gasteiger partial charge in [0.1, 0.15) is 5.75 Å². The second-order valence-corrected chi connectivity index (χ2v) is 5.31. The van der Waals surface area contributed by atoms with Crippen LogP contribution in [0.5, 0.6) is 5.75 Å². The van der Waals surface area contributed by atoms with Gasteiger partial charge in [0.2, 0.25) is 0 Å². The molecular formula is C16H15BrO2. The third kappa shape index (κ3) is 3.44. The number of halogens is 1. The summed E-state index contributed by atoms with van der Waals surface area (Å²) in [6.45, 7) is 4.00. The third-order valence-electron chi connectivity index (χ3n) is 2.88. The lowest BCUT2D eigenvalue weighted by Crippen LogP contribution is -2.13. The number of ether oxygens (including phenoxy) is 1. The highest BCUT2D eigenvalue weighted by Crippen LogP contribution is 2.24. The summed E-state index contributed by atoms with van der Waals surface area (Å²) in [5, 5.41) is 0. The molecule has 0 aliphatic rings. The zero-order chi connectivity index (χ0) is 13.8. The molecule has 98 valence electrons. The molecule has 0 aromatic heterocycles. The molecule has 19 heavy (non-hydrogen) atoms. The Kier molecular flexibility index (Phi) is 4.38. The highest BCUT2D eigenvalue weighted by Gasteiger charge is 2.10. The zero-order valence-electron chi connectivity index (χ0n) is 10.9. The van der Waals surface area contributed by atoms with Gasteiger partial charge in [0, 0.05) is 5.56 Å². The second-order valence-electron chi connectivity index (χ2n) is 4.46. The number of para-hydroxylation sites is 1. The molecule has 0 saturated carbocycles. The smallest absolute Gasteiger partial charge is 0.200 e. The van der Waals surface area contributed by atoms with E-state index in [1.54, 1.807) is 0 Å². The van der Waals surface area contributed by atoms with Crippen molar-refractivity contribution in [1.29, 1.82) is 0 Å². The van der Waals surface area contributed by atoms with Crippen molar-refractivity contribution in [2.24, 2.45) is 0 Å². The Labute approximate surface area is 121 Å². The Hall–Kier alpha value is -1.61. The van der Waals surface area contributed by atoms with Gasteiger partial charge in [0.15, 0.2) is 12.4 Å². The van der Waals surface area contributed by atoms with Crippen LogP contribution in [0, 0.1) is 13.8 Å². The highest BCUT2D eigenvalue weighted by molar-refractivity contribution is 9.10. The van der Waals surface area contributed by atoms with E-state index in [-0.39, 0.29) is 12.4 Å². The highest BCUT2D eigenvalue weighted by atomic mass is 79.9. The van der Waals surface area contributed by atoms with Gasteiger partial charge in [-0.05, 0) is 47.5 Å². The molecular weight excluding hydrogens is 304 g/mol. The summed E-state index contributed by atoms with van der Waals surface area (Å²) in [5.74, 6) is 0.675. The Bertz CT molecular complexity index is 605. The van der Waals surface area contributed by atoms with E-state index in [4.69, 9.17) is 4.74 Å². The van der Waals surface area contributed by atoms with E-state index in [0.29, 0.717) is 5.75 Å². The van der Waals surface area contributed by atoms with Crippen LogP contribution in [0.15, 0.2) is 46.9 Å². The molecule has 0 atom stereocenters. The first-order valence-electron chi connectivity index (χ1n) is 6.05. The molecule has 0 amide bonds. The van der Waals surface area contributed by atoms with Gasteiger partial charge in [0.25, 0.3) is 0 Å². The van der Waals surface area contributed by atoms with Gasteiger partial charge in [-0.15, -0.1) is 0 Å². The topological polar surface area (TPSA) is 26.3 Å². The van der Waals surface area contributed by atoms with Gasteiger partial charge in [-0.25, -0.2) is 0 Å². The minimum absolute atomic E-state index is 0.00625. The average Bonchev–Trinajstić information content (AvgIpc) is 2.37. The molecule has 0 N–H and O–H groups in total. The second kappa shape index (κ2) is 6.02. The van der Waals surface area contributed by atoms with Crippen molar-refractivity contribution in [2.45, 2.75) is 13.8 Å². The van der Waals surface area contributed by atoms with Crippen molar-refractivity contribution in [3.63, 3.8) is 0 Å². The van der Waals surface area contributed by atoms with E-state index in [0.717, 1.165) is 21.2 Å². The number of hydrogen-bond acceptors (Lipinski definition) is 2. The first-order valence-corrected chi connectivity index (χ1v) is 6.85. The van der Waals surface area contributed by atoms with Crippen molar-refractivity contribution in [3.05, 3.63) is 63.6 Å². The van der Waals surface area contributed by atoms with Crippen molar-refractivity contribution >= 4 is 21.7 Å². The molecule has 2 aromatic carbocycles. The summed E-state index contributed by atoms with van der Waals surface area (Å²) in [5.41, 5.74) is 2.86. The molecule has 0 aliphatic carbocycles. The number of carbonyl (C=O) groups excluding carboxylic acids is 1. The molecule has 2 nitrogen and oxygen atoms in total. The van der Waals surface area contributed by atoms with E-state index in [9.17, 15) is 4.79 Å². The number of carbonyl (C=O) groups is 1. The quantitative estimate of drug-likeness (QED) is 0.784. The van der Waals surface area contributed by atoms with E-state index >= 15 is 0 Å². The van der Waals surface area contributed by atoms with Gasteiger partial charge < -0.3 is 4.74 Å². The maximum Gasteiger partial charge on any atom is 0.200 e. The molecule has 0 radical (unpaired) electrons. The molecule has 3 heteroatoms. The van der Waals surface area contributed by atoms with Crippen LogP contribution in [0.1, 0.15) is 21.5 Å². The monoisotopic (exact) mass is 318 g/mol. The van der Waals surface area contributed by atoms with Crippen molar-refractivity contribution in [1.82, 2.24) is 0 Å². The number of aryl methyl sites for hydroxylation is 2. The van der Waals surface area contributed by atoms with Crippen LogP contribution in [0.2, 0.25) is 0 Å². The van der Waals surface area contributed by atoms with Crippen LogP contribution in [-0.2, 0) is 0 Å². The van der Waals surface area contributed by atoms with Crippen molar-refractivity contribution in [3.8, 4) is 5.75 Å². The molecule has 0 bridgehead atoms. The molecule has 0 aliphatic heterocycles. The maximum absolute atomic E-state index is 12.1. The van der Waals surface area contributed by atoms with Crippen molar-refractivity contribution < 1.29 is 9.53 Å². The van der Waals surface area contributed by atoms with Crippen LogP contribution >= 0.6 is 15.9 Å². The lowest BCUT2D eigenvalue weighted by Gasteiger charge is -2.09. The van der Waals surface area contributed by atoms with Crippen LogP contribution < -0.4 is 4.74 Å². The first-order chi connectivity index (χ1) is 9.08. The summed E-state index contributed by atoms with van der Waals surface area (Å²) >= 11 is 3.39. The lowest BCUT2D eigenvalue weighted by atomic mass is 10.0. The molecule has 2 aromatic rings. The first kappa shape index (κ1) is 13.8. The van der Waals surface area contributed by atoms with E-state index in [1.807, 2.05) is 56.3 Å². The summed E-state index contributed by atoms with van der Waals surface area (Å²) < 4.78 is 6.39. The Morgan fingerprint density at radius 3 is 2.58 bits per heavy atom. The van der Waals surface area contributed by atoms with Gasteiger partial charge in [-0.3, -0.25) is 4.79 Å². The summed E-state index contributed by atoms with van der Waals surface area (Å²) in [7, 11) is 0. The molecule has 2 rings (SSSR count). The minimum atomic E-state index is -0.00625. The third-order valence-corrected chi connectivity index (χ3v) is 3.53. The van der Waals surface area contributed by atoms with E-state index in [2.05, 4.69) is 15.9 Å². The number of ketones is 1. The maximum atomic E-state index is 12.1. The summed E-state index contributed by atoms with van der Waals surface area (Å²) in [4.78, 5) is 12.1. The molecule has 0 fully saturated rings. The standard InChI is InChI=1S/C16H15BrO2/c1-11-7-8-13(12(2)9-11)15(18)10-19-16-6-4-3-5-14(16)17/h3-9H,10H2,1-2H3. The van der Waals surface area contributed by atoms with Gasteiger partial charge >= 0.3 is 0 Å². The normalized spacial score (nSPS) is 10.3. The SMILES string of the molecule is Cc1ccc(C(=O)COc2ccccc2Br)c(C)c1. The summed E-state index contributed by atoms with van der Waals surface area (Å²) in [6.07, 6.45) is 0. The predicted octanol–water partition coefficient (Wildman–Crippen LogP) is 4.33. The fraction of sp³-hybridized carbons (Fsp3) is 0.188. The largest absolute Gasteiger partial charge is 0.484 e. The fourth-order valence-electron chi connectivity index (χ4n) is 1.91. The summed E-state index contributed by atoms with van der Waals surface area (Å²) in [6, 6.07) is 13.3.